The largest absolute Gasteiger partial charge is 0.294 e. The zero-order valence-electron chi connectivity index (χ0n) is 19.9. The van der Waals surface area contributed by atoms with Crippen LogP contribution in [0.3, 0.4) is 0 Å². The van der Waals surface area contributed by atoms with E-state index in [1.165, 1.54) is 50.1 Å². The van der Waals surface area contributed by atoms with E-state index in [2.05, 4.69) is 76.2 Å². The predicted molar refractivity (Wildman–Crippen MR) is 122 cm³/mol. The van der Waals surface area contributed by atoms with Gasteiger partial charge in [-0.05, 0) is 143 Å². The summed E-state index contributed by atoms with van der Waals surface area (Å²) in [6.45, 7) is 24.1. The van der Waals surface area contributed by atoms with Crippen molar-refractivity contribution in [2.24, 2.45) is 0 Å². The van der Waals surface area contributed by atoms with E-state index in [-0.39, 0.29) is 0 Å². The van der Waals surface area contributed by atoms with Gasteiger partial charge in [0.15, 0.2) is 5.78 Å². The van der Waals surface area contributed by atoms with Gasteiger partial charge in [0.25, 0.3) is 0 Å². The summed E-state index contributed by atoms with van der Waals surface area (Å²) in [7, 11) is 0. The molecule has 1 heteroatoms. The molecule has 2 rings (SSSR count). The number of carbonyl (C=O) groups excluding carboxylic acids is 1. The van der Waals surface area contributed by atoms with Gasteiger partial charge in [-0.15, -0.1) is 0 Å². The third kappa shape index (κ3) is 3.69. The second-order valence-electron chi connectivity index (χ2n) is 8.90. The van der Waals surface area contributed by atoms with E-state index >= 15 is 0 Å². The molecule has 0 saturated carbocycles. The third-order valence-electron chi connectivity index (χ3n) is 7.63. The summed E-state index contributed by atoms with van der Waals surface area (Å²) >= 11 is 0. The molecule has 152 valence electrons. The van der Waals surface area contributed by atoms with Crippen LogP contribution in [-0.2, 0) is 0 Å². The summed E-state index contributed by atoms with van der Waals surface area (Å²) in [5.74, 6) is 0.680. The molecule has 0 radical (unpaired) electrons. The first kappa shape index (κ1) is 22.4. The summed E-state index contributed by atoms with van der Waals surface area (Å²) in [6, 6.07) is 0. The van der Waals surface area contributed by atoms with E-state index in [1.54, 1.807) is 0 Å². The SMILES string of the molecule is Cc1c(C)c(C)c(C(=O)CCC(C)c2c(C)c(C)c(C)c(C)c2C)c(C)c1C. The number of hydrogen-bond acceptors (Lipinski definition) is 1. The van der Waals surface area contributed by atoms with Gasteiger partial charge in [0.05, 0.1) is 0 Å². The molecular weight excluding hydrogens is 340 g/mol. The minimum Gasteiger partial charge on any atom is -0.294 e. The molecule has 0 aromatic heterocycles. The van der Waals surface area contributed by atoms with Crippen LogP contribution in [0.4, 0.5) is 0 Å². The Morgan fingerprint density at radius 1 is 0.571 bits per heavy atom. The highest BCUT2D eigenvalue weighted by Gasteiger charge is 2.21. The smallest absolute Gasteiger partial charge is 0.163 e. The van der Waals surface area contributed by atoms with Crippen LogP contribution in [0.5, 0.6) is 0 Å². The molecule has 0 N–H and O–H groups in total. The van der Waals surface area contributed by atoms with Crippen molar-refractivity contribution in [3.05, 3.63) is 66.8 Å². The number of benzene rings is 2. The molecule has 1 atom stereocenters. The highest BCUT2D eigenvalue weighted by atomic mass is 16.1. The van der Waals surface area contributed by atoms with Gasteiger partial charge in [-0.1, -0.05) is 6.92 Å². The zero-order chi connectivity index (χ0) is 21.5. The van der Waals surface area contributed by atoms with E-state index < -0.39 is 0 Å². The maximum atomic E-state index is 13.2. The van der Waals surface area contributed by atoms with Crippen LogP contribution in [0, 0.1) is 69.2 Å². The number of ketones is 1. The van der Waals surface area contributed by atoms with Gasteiger partial charge >= 0.3 is 0 Å². The summed E-state index contributed by atoms with van der Waals surface area (Å²) in [5, 5.41) is 0. The number of hydrogen-bond donors (Lipinski definition) is 0. The van der Waals surface area contributed by atoms with Crippen LogP contribution in [-0.4, -0.2) is 5.78 Å². The van der Waals surface area contributed by atoms with Gasteiger partial charge < -0.3 is 0 Å². The van der Waals surface area contributed by atoms with Gasteiger partial charge in [0, 0.05) is 12.0 Å². The number of rotatable bonds is 5. The molecule has 0 saturated heterocycles. The standard InChI is InChI=1S/C27H38O/c1-14(26-21(8)17(4)15(2)18(5)22(26)9)12-13-25(28)27-23(10)19(6)16(3)20(7)24(27)11/h14H,12-13H2,1-11H3. The fourth-order valence-electron chi connectivity index (χ4n) is 4.80. The molecule has 0 aliphatic rings. The van der Waals surface area contributed by atoms with Crippen LogP contribution in [0.25, 0.3) is 0 Å². The Bertz CT molecular complexity index is 886. The molecule has 28 heavy (non-hydrogen) atoms. The van der Waals surface area contributed by atoms with Gasteiger partial charge in [0.1, 0.15) is 0 Å². The Hall–Kier alpha value is -1.89. The van der Waals surface area contributed by atoms with E-state index in [1.807, 2.05) is 0 Å². The maximum Gasteiger partial charge on any atom is 0.163 e. The van der Waals surface area contributed by atoms with Crippen LogP contribution in [0.2, 0.25) is 0 Å². The Labute approximate surface area is 172 Å². The molecule has 2 aromatic rings. The summed E-state index contributed by atoms with van der Waals surface area (Å²) in [5.41, 5.74) is 15.5. The lowest BCUT2D eigenvalue weighted by Crippen LogP contribution is -2.12. The van der Waals surface area contributed by atoms with Crippen molar-refractivity contribution >= 4 is 5.78 Å². The van der Waals surface area contributed by atoms with E-state index in [0.29, 0.717) is 18.1 Å². The van der Waals surface area contributed by atoms with Crippen molar-refractivity contribution in [1.29, 1.82) is 0 Å². The number of Topliss-reactive ketones (excluding diaryl/α,β-unsaturated/α-hetero) is 1. The average Bonchev–Trinajstić information content (AvgIpc) is 2.66. The molecule has 0 aliphatic carbocycles. The Kier molecular flexibility index (Phi) is 6.58. The lowest BCUT2D eigenvalue weighted by molar-refractivity contribution is 0.0976. The minimum absolute atomic E-state index is 0.295. The van der Waals surface area contributed by atoms with Crippen LogP contribution < -0.4 is 0 Å². The first-order chi connectivity index (χ1) is 12.9. The fourth-order valence-corrected chi connectivity index (χ4v) is 4.80. The summed E-state index contributed by atoms with van der Waals surface area (Å²) < 4.78 is 0. The summed E-state index contributed by atoms with van der Waals surface area (Å²) in [4.78, 5) is 13.2. The van der Waals surface area contributed by atoms with Crippen LogP contribution in [0.15, 0.2) is 0 Å². The first-order valence-electron chi connectivity index (χ1n) is 10.6. The molecule has 0 bridgehead atoms. The molecule has 1 nitrogen and oxygen atoms in total. The second-order valence-corrected chi connectivity index (χ2v) is 8.90. The quantitative estimate of drug-likeness (QED) is 0.491. The monoisotopic (exact) mass is 378 g/mol. The summed E-state index contributed by atoms with van der Waals surface area (Å²) in [6.07, 6.45) is 1.50. The second kappa shape index (κ2) is 8.23. The van der Waals surface area contributed by atoms with Crippen LogP contribution >= 0.6 is 0 Å². The lowest BCUT2D eigenvalue weighted by Gasteiger charge is -2.24. The minimum atomic E-state index is 0.295. The highest BCUT2D eigenvalue weighted by Crippen LogP contribution is 2.34. The molecule has 2 aromatic carbocycles. The molecule has 0 fully saturated rings. The molecular formula is C27H38O. The van der Waals surface area contributed by atoms with Crippen molar-refractivity contribution < 1.29 is 4.79 Å². The van der Waals surface area contributed by atoms with Gasteiger partial charge in [-0.3, -0.25) is 4.79 Å². The molecule has 0 amide bonds. The number of carbonyl (C=O) groups is 1. The maximum absolute atomic E-state index is 13.2. The topological polar surface area (TPSA) is 17.1 Å². The first-order valence-corrected chi connectivity index (χ1v) is 10.6. The normalized spacial score (nSPS) is 12.4. The van der Waals surface area contributed by atoms with Crippen molar-refractivity contribution in [3.63, 3.8) is 0 Å². The zero-order valence-corrected chi connectivity index (χ0v) is 19.9. The van der Waals surface area contributed by atoms with Crippen molar-refractivity contribution in [2.75, 3.05) is 0 Å². The van der Waals surface area contributed by atoms with Gasteiger partial charge in [-0.25, -0.2) is 0 Å². The van der Waals surface area contributed by atoms with Gasteiger partial charge in [-0.2, -0.15) is 0 Å². The molecule has 1 unspecified atom stereocenters. The highest BCUT2D eigenvalue weighted by molar-refractivity contribution is 5.99. The molecule has 0 heterocycles. The van der Waals surface area contributed by atoms with Crippen molar-refractivity contribution in [1.82, 2.24) is 0 Å². The van der Waals surface area contributed by atoms with E-state index in [0.717, 1.165) is 23.1 Å². The Morgan fingerprint density at radius 3 is 1.29 bits per heavy atom. The predicted octanol–water partition coefficient (Wildman–Crippen LogP) is 7.54. The fraction of sp³-hybridized carbons (Fsp3) is 0.519. The van der Waals surface area contributed by atoms with Crippen LogP contribution in [0.1, 0.15) is 97.2 Å². The van der Waals surface area contributed by atoms with Crippen molar-refractivity contribution in [2.45, 2.75) is 94.9 Å². The molecule has 0 spiro atoms. The average molecular weight is 379 g/mol. The van der Waals surface area contributed by atoms with E-state index in [4.69, 9.17) is 0 Å². The Balaban J connectivity index is 2.33. The lowest BCUT2D eigenvalue weighted by atomic mass is 9.81. The molecule has 0 aliphatic heterocycles. The van der Waals surface area contributed by atoms with Gasteiger partial charge in [0.2, 0.25) is 0 Å². The third-order valence-corrected chi connectivity index (χ3v) is 7.63. The Morgan fingerprint density at radius 2 is 0.893 bits per heavy atom. The van der Waals surface area contributed by atoms with Crippen molar-refractivity contribution in [3.8, 4) is 0 Å². The van der Waals surface area contributed by atoms with E-state index in [9.17, 15) is 4.79 Å².